The van der Waals surface area contributed by atoms with Crippen LogP contribution in [0.3, 0.4) is 0 Å². The fourth-order valence-corrected chi connectivity index (χ4v) is 6.42. The molecule has 0 spiro atoms. The molecule has 7 nitrogen and oxygen atoms in total. The molecule has 0 radical (unpaired) electrons. The number of fused-ring (bicyclic) bond motifs is 2. The van der Waals surface area contributed by atoms with E-state index in [0.29, 0.717) is 16.9 Å². The highest BCUT2D eigenvalue weighted by atomic mass is 32.2. The van der Waals surface area contributed by atoms with Crippen LogP contribution in [0.15, 0.2) is 62.8 Å². The molecular formula is C22H20N6OS3. The van der Waals surface area contributed by atoms with Gasteiger partial charge in [-0.05, 0) is 31.2 Å². The Kier molecular flexibility index (Phi) is 5.99. The summed E-state index contributed by atoms with van der Waals surface area (Å²) < 4.78 is 5.95. The Labute approximate surface area is 196 Å². The molecule has 0 saturated heterocycles. The monoisotopic (exact) mass is 480 g/mol. The average molecular weight is 481 g/mol. The van der Waals surface area contributed by atoms with Gasteiger partial charge in [0.25, 0.3) is 5.56 Å². The number of thiazole rings is 1. The van der Waals surface area contributed by atoms with E-state index in [4.69, 9.17) is 0 Å². The van der Waals surface area contributed by atoms with Gasteiger partial charge in [-0.2, -0.15) is 0 Å². The Morgan fingerprint density at radius 3 is 2.47 bits per heavy atom. The predicted octanol–water partition coefficient (Wildman–Crippen LogP) is 4.74. The summed E-state index contributed by atoms with van der Waals surface area (Å²) in [5, 5.41) is 10.3. The average Bonchev–Trinajstić information content (AvgIpc) is 3.42. The normalized spacial score (nSPS) is 11.6. The van der Waals surface area contributed by atoms with E-state index in [-0.39, 0.29) is 5.56 Å². The summed E-state index contributed by atoms with van der Waals surface area (Å²) in [7, 11) is 1.77. The molecule has 0 N–H and O–H groups in total. The molecule has 3 heterocycles. The lowest BCUT2D eigenvalue weighted by molar-refractivity contribution is 0.658. The van der Waals surface area contributed by atoms with Crippen LogP contribution in [0.2, 0.25) is 0 Å². The minimum atomic E-state index is -0.0314. The molecule has 0 atom stereocenters. The lowest BCUT2D eigenvalue weighted by atomic mass is 10.2. The molecule has 3 aromatic heterocycles. The Hall–Kier alpha value is -2.69. The van der Waals surface area contributed by atoms with Crippen LogP contribution < -0.4 is 5.56 Å². The zero-order valence-electron chi connectivity index (χ0n) is 17.6. The van der Waals surface area contributed by atoms with E-state index < -0.39 is 0 Å². The number of nitrogens with zero attached hydrogens (tertiary/aromatic N) is 6. The number of hydrogen-bond acceptors (Lipinski definition) is 8. The molecule has 0 aliphatic rings. The number of para-hydroxylation sites is 2. The molecule has 0 bridgehead atoms. The first-order valence-corrected chi connectivity index (χ1v) is 12.9. The maximum absolute atomic E-state index is 12.6. The molecule has 10 heteroatoms. The summed E-state index contributed by atoms with van der Waals surface area (Å²) in [5.41, 5.74) is 1.72. The van der Waals surface area contributed by atoms with Crippen molar-refractivity contribution in [1.29, 1.82) is 0 Å². The van der Waals surface area contributed by atoms with Crippen molar-refractivity contribution < 1.29 is 0 Å². The Bertz CT molecular complexity index is 1440. The van der Waals surface area contributed by atoms with Crippen molar-refractivity contribution in [2.75, 3.05) is 0 Å². The second-order valence-corrected chi connectivity index (χ2v) is 10.3. The van der Waals surface area contributed by atoms with Gasteiger partial charge in [0, 0.05) is 13.6 Å². The summed E-state index contributed by atoms with van der Waals surface area (Å²) in [6, 6.07) is 15.6. The van der Waals surface area contributed by atoms with Crippen LogP contribution in [0.25, 0.3) is 21.1 Å². The minimum absolute atomic E-state index is 0.0314. The van der Waals surface area contributed by atoms with Crippen LogP contribution in [0.5, 0.6) is 0 Å². The van der Waals surface area contributed by atoms with E-state index in [1.165, 1.54) is 4.70 Å². The Morgan fingerprint density at radius 2 is 1.66 bits per heavy atom. The second-order valence-electron chi connectivity index (χ2n) is 7.08. The number of aromatic nitrogens is 6. The van der Waals surface area contributed by atoms with E-state index in [1.54, 1.807) is 46.5 Å². The molecule has 5 rings (SSSR count). The van der Waals surface area contributed by atoms with Crippen LogP contribution >= 0.6 is 34.9 Å². The van der Waals surface area contributed by atoms with Gasteiger partial charge in [0.05, 0.1) is 32.6 Å². The van der Waals surface area contributed by atoms with Crippen molar-refractivity contribution in [2.24, 2.45) is 7.05 Å². The van der Waals surface area contributed by atoms with E-state index in [2.05, 4.69) is 37.7 Å². The van der Waals surface area contributed by atoms with Gasteiger partial charge in [-0.1, -0.05) is 47.8 Å². The van der Waals surface area contributed by atoms with Gasteiger partial charge in [-0.15, -0.1) is 21.5 Å². The van der Waals surface area contributed by atoms with Crippen LogP contribution in [0.4, 0.5) is 0 Å². The quantitative estimate of drug-likeness (QED) is 0.311. The van der Waals surface area contributed by atoms with Crippen molar-refractivity contribution in [2.45, 2.75) is 34.5 Å². The number of rotatable bonds is 7. The Balaban J connectivity index is 1.32. The fourth-order valence-electron chi connectivity index (χ4n) is 3.41. The smallest absolute Gasteiger partial charge is 0.261 e. The van der Waals surface area contributed by atoms with Crippen LogP contribution in [0.1, 0.15) is 18.6 Å². The minimum Gasteiger partial charge on any atom is -0.306 e. The van der Waals surface area contributed by atoms with Gasteiger partial charge in [0.1, 0.15) is 11.6 Å². The third kappa shape index (κ3) is 4.05. The first kappa shape index (κ1) is 21.2. The molecule has 0 aliphatic heterocycles. The van der Waals surface area contributed by atoms with Crippen LogP contribution in [-0.4, -0.2) is 29.3 Å². The van der Waals surface area contributed by atoms with Crippen molar-refractivity contribution in [3.8, 4) is 0 Å². The van der Waals surface area contributed by atoms with E-state index in [0.717, 1.165) is 38.7 Å². The molecule has 2 aromatic carbocycles. The van der Waals surface area contributed by atoms with Gasteiger partial charge in [-0.3, -0.25) is 9.36 Å². The lowest BCUT2D eigenvalue weighted by Gasteiger charge is -2.10. The van der Waals surface area contributed by atoms with Crippen molar-refractivity contribution in [3.63, 3.8) is 0 Å². The molecule has 0 unspecified atom stereocenters. The van der Waals surface area contributed by atoms with Gasteiger partial charge in [-0.25, -0.2) is 9.97 Å². The first-order chi connectivity index (χ1) is 15.6. The van der Waals surface area contributed by atoms with E-state index in [9.17, 15) is 4.79 Å². The highest BCUT2D eigenvalue weighted by Gasteiger charge is 2.15. The predicted molar refractivity (Wildman–Crippen MR) is 131 cm³/mol. The summed E-state index contributed by atoms with van der Waals surface area (Å²) in [6.07, 6.45) is 0. The van der Waals surface area contributed by atoms with Crippen molar-refractivity contribution in [3.05, 3.63) is 70.5 Å². The molecule has 162 valence electrons. The maximum atomic E-state index is 12.6. The van der Waals surface area contributed by atoms with E-state index >= 15 is 0 Å². The summed E-state index contributed by atoms with van der Waals surface area (Å²) in [6.45, 7) is 2.86. The summed E-state index contributed by atoms with van der Waals surface area (Å²) in [4.78, 5) is 22.0. The molecule has 0 fully saturated rings. The van der Waals surface area contributed by atoms with E-state index in [1.807, 2.05) is 42.5 Å². The lowest BCUT2D eigenvalue weighted by Crippen LogP contribution is -2.22. The van der Waals surface area contributed by atoms with Crippen molar-refractivity contribution >= 4 is 56.0 Å². The second kappa shape index (κ2) is 9.05. The van der Waals surface area contributed by atoms with Crippen LogP contribution in [0, 0.1) is 0 Å². The van der Waals surface area contributed by atoms with Crippen molar-refractivity contribution in [1.82, 2.24) is 29.3 Å². The van der Waals surface area contributed by atoms with Gasteiger partial charge < -0.3 is 4.57 Å². The molecule has 0 aliphatic carbocycles. The molecule has 0 amide bonds. The Morgan fingerprint density at radius 1 is 0.906 bits per heavy atom. The summed E-state index contributed by atoms with van der Waals surface area (Å²) >= 11 is 4.92. The van der Waals surface area contributed by atoms with Crippen LogP contribution in [-0.2, 0) is 25.1 Å². The molecule has 0 saturated carbocycles. The zero-order chi connectivity index (χ0) is 22.1. The SMILES string of the molecule is CCn1c(CSc2nc3ccccc3s2)nnc1SCc1nc2ccccc2c(=O)n1C. The maximum Gasteiger partial charge on any atom is 0.261 e. The standard InChI is InChI=1S/C22H20N6OS3/c1-3-28-19(13-31-22-24-16-10-6-7-11-17(16)32-22)25-26-21(28)30-12-18-23-15-9-5-4-8-14(15)20(29)27(18)2/h4-11H,3,12-13H2,1-2H3. The van der Waals surface area contributed by atoms with Gasteiger partial charge in [0.15, 0.2) is 9.50 Å². The zero-order valence-corrected chi connectivity index (χ0v) is 20.0. The third-order valence-electron chi connectivity index (χ3n) is 5.11. The highest BCUT2D eigenvalue weighted by molar-refractivity contribution is 8.00. The molecule has 5 aromatic rings. The molecular weight excluding hydrogens is 460 g/mol. The number of benzene rings is 2. The number of thioether (sulfide) groups is 2. The molecule has 32 heavy (non-hydrogen) atoms. The third-order valence-corrected chi connectivity index (χ3v) is 8.25. The summed E-state index contributed by atoms with van der Waals surface area (Å²) in [5.74, 6) is 2.88. The first-order valence-electron chi connectivity index (χ1n) is 10.1. The van der Waals surface area contributed by atoms with Gasteiger partial charge in [0.2, 0.25) is 0 Å². The fraction of sp³-hybridized carbons (Fsp3) is 0.227. The topological polar surface area (TPSA) is 78.5 Å². The van der Waals surface area contributed by atoms with Gasteiger partial charge >= 0.3 is 0 Å². The number of hydrogen-bond donors (Lipinski definition) is 0. The highest BCUT2D eigenvalue weighted by Crippen LogP contribution is 2.32. The largest absolute Gasteiger partial charge is 0.306 e.